The molecule has 0 N–H and O–H groups in total. The Morgan fingerprint density at radius 1 is 1.56 bits per heavy atom. The van der Waals surface area contributed by atoms with Crippen molar-refractivity contribution in [2.75, 3.05) is 13.2 Å². The van der Waals surface area contributed by atoms with Gasteiger partial charge >= 0.3 is 5.97 Å². The van der Waals surface area contributed by atoms with Crippen LogP contribution >= 0.6 is 0 Å². The van der Waals surface area contributed by atoms with Gasteiger partial charge in [0.25, 0.3) is 0 Å². The lowest BCUT2D eigenvalue weighted by Crippen LogP contribution is -2.52. The maximum atomic E-state index is 11.2. The second-order valence-electron chi connectivity index (χ2n) is 4.45. The number of esters is 1. The first-order chi connectivity index (χ1) is 8.52. The van der Waals surface area contributed by atoms with Crippen molar-refractivity contribution in [2.45, 2.75) is 45.0 Å². The highest BCUT2D eigenvalue weighted by atomic mass is 16.7. The molecule has 1 aliphatic rings. The molecule has 2 atom stereocenters. The number of terminal acetylenes is 1. The Hall–Kier alpha value is -1.31. The molecule has 0 amide bonds. The minimum absolute atomic E-state index is 0.116. The fourth-order valence-electron chi connectivity index (χ4n) is 2.08. The molecule has 0 radical (unpaired) electrons. The van der Waals surface area contributed by atoms with Crippen LogP contribution in [0.15, 0.2) is 12.2 Å². The Morgan fingerprint density at radius 2 is 2.28 bits per heavy atom. The molecule has 4 nitrogen and oxygen atoms in total. The molecule has 0 aromatic heterocycles. The predicted octanol–water partition coefficient (Wildman–Crippen LogP) is 2.04. The van der Waals surface area contributed by atoms with Gasteiger partial charge in [-0.1, -0.05) is 12.5 Å². The number of ether oxygens (including phenoxy) is 3. The summed E-state index contributed by atoms with van der Waals surface area (Å²) < 4.78 is 16.7. The molecule has 4 heteroatoms. The van der Waals surface area contributed by atoms with Gasteiger partial charge in [-0.05, 0) is 25.3 Å². The van der Waals surface area contributed by atoms with E-state index < -0.39 is 11.9 Å². The van der Waals surface area contributed by atoms with Crippen molar-refractivity contribution in [3.63, 3.8) is 0 Å². The van der Waals surface area contributed by atoms with Gasteiger partial charge in [0.15, 0.2) is 6.10 Å². The van der Waals surface area contributed by atoms with Crippen LogP contribution in [0.2, 0.25) is 0 Å². The van der Waals surface area contributed by atoms with Crippen molar-refractivity contribution >= 4 is 5.97 Å². The molecule has 1 rings (SSSR count). The molecule has 0 aromatic rings. The van der Waals surface area contributed by atoms with Gasteiger partial charge in [-0.3, -0.25) is 4.79 Å². The van der Waals surface area contributed by atoms with Crippen molar-refractivity contribution < 1.29 is 19.0 Å². The highest BCUT2D eigenvalue weighted by molar-refractivity contribution is 5.66. The normalized spacial score (nSPS) is 24.9. The second kappa shape index (κ2) is 6.58. The highest BCUT2D eigenvalue weighted by Crippen LogP contribution is 2.34. The van der Waals surface area contributed by atoms with Crippen LogP contribution < -0.4 is 0 Å². The molecule has 18 heavy (non-hydrogen) atoms. The van der Waals surface area contributed by atoms with Gasteiger partial charge in [0.1, 0.15) is 6.61 Å². The third-order valence-corrected chi connectivity index (χ3v) is 2.80. The molecular weight excluding hydrogens is 232 g/mol. The maximum Gasteiger partial charge on any atom is 0.303 e. The van der Waals surface area contributed by atoms with E-state index in [-0.39, 0.29) is 12.6 Å². The number of carbonyl (C=O) groups excluding carboxylic acids is 1. The summed E-state index contributed by atoms with van der Waals surface area (Å²) in [5, 5.41) is 0. The topological polar surface area (TPSA) is 44.8 Å². The predicted molar refractivity (Wildman–Crippen MR) is 67.7 cm³/mol. The van der Waals surface area contributed by atoms with Crippen LogP contribution in [-0.2, 0) is 19.0 Å². The zero-order chi connectivity index (χ0) is 13.6. The molecule has 1 aliphatic heterocycles. The highest BCUT2D eigenvalue weighted by Gasteiger charge is 2.45. The summed E-state index contributed by atoms with van der Waals surface area (Å²) in [6, 6.07) is 0. The minimum Gasteiger partial charge on any atom is -0.452 e. The zero-order valence-electron chi connectivity index (χ0n) is 11.0. The Bertz CT molecular complexity index is 347. The number of hydrogen-bond acceptors (Lipinski definition) is 4. The van der Waals surface area contributed by atoms with E-state index in [9.17, 15) is 4.79 Å². The first-order valence-electron chi connectivity index (χ1n) is 6.06. The van der Waals surface area contributed by atoms with E-state index in [0.717, 1.165) is 12.8 Å². The van der Waals surface area contributed by atoms with Gasteiger partial charge in [-0.2, -0.15) is 0 Å². The minimum atomic E-state index is -0.984. The maximum absolute atomic E-state index is 11.2. The lowest BCUT2D eigenvalue weighted by Gasteiger charge is -2.41. The summed E-state index contributed by atoms with van der Waals surface area (Å²) in [5.74, 6) is 1.04. The Labute approximate surface area is 108 Å². The van der Waals surface area contributed by atoms with Crippen molar-refractivity contribution in [1.82, 2.24) is 0 Å². The van der Waals surface area contributed by atoms with Gasteiger partial charge in [0.05, 0.1) is 6.61 Å². The Kier molecular flexibility index (Phi) is 5.39. The first-order valence-corrected chi connectivity index (χ1v) is 6.06. The van der Waals surface area contributed by atoms with Gasteiger partial charge in [0.2, 0.25) is 5.79 Å². The molecule has 0 bridgehead atoms. The molecule has 0 unspecified atom stereocenters. The quantitative estimate of drug-likeness (QED) is 0.427. The standard InChI is InChI=1S/C14H20O4/c1-5-9-16-14(8-6-7-10-17-14)13(11(2)3)18-12(4)15/h1,13H,2,6-10H2,3-4H3/t13-,14-/m1/s1. The summed E-state index contributed by atoms with van der Waals surface area (Å²) in [4.78, 5) is 11.2. The van der Waals surface area contributed by atoms with Gasteiger partial charge < -0.3 is 14.2 Å². The van der Waals surface area contributed by atoms with Gasteiger partial charge in [-0.15, -0.1) is 6.42 Å². The molecule has 1 fully saturated rings. The van der Waals surface area contributed by atoms with Crippen molar-refractivity contribution in [2.24, 2.45) is 0 Å². The molecule has 0 aromatic carbocycles. The fourth-order valence-corrected chi connectivity index (χ4v) is 2.08. The summed E-state index contributed by atoms with van der Waals surface area (Å²) in [6.07, 6.45) is 7.14. The molecule has 0 spiro atoms. The molecule has 0 saturated carbocycles. The van der Waals surface area contributed by atoms with Crippen LogP contribution in [0.3, 0.4) is 0 Å². The zero-order valence-corrected chi connectivity index (χ0v) is 11.0. The van der Waals surface area contributed by atoms with Crippen LogP contribution in [0, 0.1) is 12.3 Å². The lowest BCUT2D eigenvalue weighted by molar-refractivity contribution is -0.289. The molecular formula is C14H20O4. The largest absolute Gasteiger partial charge is 0.452 e. The first kappa shape index (κ1) is 14.7. The number of rotatable bonds is 5. The molecule has 1 heterocycles. The fraction of sp³-hybridized carbons (Fsp3) is 0.643. The Morgan fingerprint density at radius 3 is 2.72 bits per heavy atom. The van der Waals surface area contributed by atoms with E-state index in [1.54, 1.807) is 6.92 Å². The average Bonchev–Trinajstić information content (AvgIpc) is 2.34. The lowest BCUT2D eigenvalue weighted by atomic mass is 9.95. The van der Waals surface area contributed by atoms with Crippen LogP contribution in [0.4, 0.5) is 0 Å². The average molecular weight is 252 g/mol. The van der Waals surface area contributed by atoms with E-state index in [4.69, 9.17) is 20.6 Å². The second-order valence-corrected chi connectivity index (χ2v) is 4.45. The van der Waals surface area contributed by atoms with Crippen LogP contribution in [-0.4, -0.2) is 31.1 Å². The summed E-state index contributed by atoms with van der Waals surface area (Å²) in [7, 11) is 0. The third kappa shape index (κ3) is 3.59. The van der Waals surface area contributed by atoms with E-state index in [2.05, 4.69) is 12.5 Å². The monoisotopic (exact) mass is 252 g/mol. The van der Waals surface area contributed by atoms with E-state index in [1.165, 1.54) is 6.92 Å². The Balaban J connectivity index is 2.93. The summed E-state index contributed by atoms with van der Waals surface area (Å²) in [6.45, 7) is 7.67. The van der Waals surface area contributed by atoms with E-state index in [0.29, 0.717) is 18.6 Å². The third-order valence-electron chi connectivity index (χ3n) is 2.80. The van der Waals surface area contributed by atoms with E-state index in [1.807, 2.05) is 0 Å². The number of carbonyl (C=O) groups is 1. The van der Waals surface area contributed by atoms with Gasteiger partial charge in [0, 0.05) is 13.3 Å². The summed E-state index contributed by atoms with van der Waals surface area (Å²) >= 11 is 0. The SMILES string of the molecule is C#CCO[C@]1([C@H](OC(C)=O)C(=C)C)CCCCO1. The smallest absolute Gasteiger partial charge is 0.303 e. The van der Waals surface area contributed by atoms with Crippen LogP contribution in [0.1, 0.15) is 33.1 Å². The van der Waals surface area contributed by atoms with Crippen molar-refractivity contribution in [1.29, 1.82) is 0 Å². The summed E-state index contributed by atoms with van der Waals surface area (Å²) in [5.41, 5.74) is 0.684. The molecule has 1 saturated heterocycles. The van der Waals surface area contributed by atoms with Crippen molar-refractivity contribution in [3.05, 3.63) is 12.2 Å². The van der Waals surface area contributed by atoms with Crippen LogP contribution in [0.25, 0.3) is 0 Å². The van der Waals surface area contributed by atoms with Gasteiger partial charge in [-0.25, -0.2) is 0 Å². The van der Waals surface area contributed by atoms with E-state index >= 15 is 0 Å². The number of hydrogen-bond donors (Lipinski definition) is 0. The van der Waals surface area contributed by atoms with Crippen LogP contribution in [0.5, 0.6) is 0 Å². The molecule has 100 valence electrons. The van der Waals surface area contributed by atoms with Crippen molar-refractivity contribution in [3.8, 4) is 12.3 Å². The molecule has 0 aliphatic carbocycles.